The van der Waals surface area contributed by atoms with E-state index in [0.29, 0.717) is 43.3 Å². The van der Waals surface area contributed by atoms with Gasteiger partial charge in [-0.05, 0) is 61.4 Å². The predicted octanol–water partition coefficient (Wildman–Crippen LogP) is 6.04. The maximum Gasteiger partial charge on any atom is 0.271 e. The zero-order chi connectivity index (χ0) is 27.8. The number of benzene rings is 3. The lowest BCUT2D eigenvalue weighted by molar-refractivity contribution is 0.0941. The molecule has 1 heterocycles. The summed E-state index contributed by atoms with van der Waals surface area (Å²) in [4.78, 5) is 17.7. The molecule has 0 atom stereocenters. The van der Waals surface area contributed by atoms with Gasteiger partial charge in [-0.15, -0.1) is 0 Å². The maximum atomic E-state index is 12.9. The Bertz CT molecular complexity index is 1620. The predicted molar refractivity (Wildman–Crippen MR) is 153 cm³/mol. The summed E-state index contributed by atoms with van der Waals surface area (Å²) in [6.07, 6.45) is 2.71. The number of sulfone groups is 1. The van der Waals surface area contributed by atoms with E-state index in [0.717, 1.165) is 6.26 Å². The highest BCUT2D eigenvalue weighted by atomic mass is 35.5. The molecule has 3 aromatic carbocycles. The lowest BCUT2D eigenvalue weighted by atomic mass is 10.1. The van der Waals surface area contributed by atoms with Crippen LogP contribution in [0.1, 0.15) is 24.3 Å². The van der Waals surface area contributed by atoms with E-state index in [4.69, 9.17) is 40.5 Å². The molecule has 0 saturated carbocycles. The van der Waals surface area contributed by atoms with Crippen LogP contribution in [-0.4, -0.2) is 42.2 Å². The van der Waals surface area contributed by atoms with E-state index in [-0.39, 0.29) is 17.1 Å². The number of nitrogens with zero attached hydrogens (tertiary/aromatic N) is 2. The standard InChI is InChI=1S/C27H25Cl3N4O3S/c1-27(2,31)15-32-26(35)22-14-34(25(33-22)24-19(28)8-5-9-20(24)29)23-11-10-17(13-21(23)30)16-6-4-7-18(12-16)38(3,36)37/h4-14H,15,31H2,1-3H3,(H,32,35). The van der Waals surface area contributed by atoms with Crippen molar-refractivity contribution in [1.82, 2.24) is 14.9 Å². The van der Waals surface area contributed by atoms with Gasteiger partial charge in [0.05, 0.1) is 31.2 Å². The molecule has 11 heteroatoms. The molecule has 38 heavy (non-hydrogen) atoms. The van der Waals surface area contributed by atoms with Crippen LogP contribution in [0.3, 0.4) is 0 Å². The molecule has 0 aliphatic carbocycles. The largest absolute Gasteiger partial charge is 0.349 e. The highest BCUT2D eigenvalue weighted by molar-refractivity contribution is 7.90. The molecular formula is C27H25Cl3N4O3S. The number of hydrogen-bond acceptors (Lipinski definition) is 5. The fraction of sp³-hybridized carbons (Fsp3) is 0.185. The van der Waals surface area contributed by atoms with Crippen molar-refractivity contribution in [3.05, 3.63) is 87.6 Å². The Balaban J connectivity index is 1.83. The molecule has 0 aliphatic heterocycles. The minimum Gasteiger partial charge on any atom is -0.349 e. The average molecular weight is 592 g/mol. The molecule has 0 spiro atoms. The zero-order valence-electron chi connectivity index (χ0n) is 20.8. The Hall–Kier alpha value is -2.88. The van der Waals surface area contributed by atoms with Crippen molar-refractivity contribution < 1.29 is 13.2 Å². The normalized spacial score (nSPS) is 12.0. The number of nitrogens with one attached hydrogen (secondary N) is 1. The van der Waals surface area contributed by atoms with Crippen LogP contribution < -0.4 is 11.1 Å². The second-order valence-corrected chi connectivity index (χ2v) is 12.8. The van der Waals surface area contributed by atoms with Gasteiger partial charge in [0, 0.05) is 24.5 Å². The van der Waals surface area contributed by atoms with Crippen LogP contribution in [0.2, 0.25) is 15.1 Å². The number of halogens is 3. The van der Waals surface area contributed by atoms with Gasteiger partial charge in [0.25, 0.3) is 5.91 Å². The van der Waals surface area contributed by atoms with Gasteiger partial charge in [0.1, 0.15) is 11.5 Å². The van der Waals surface area contributed by atoms with Crippen molar-refractivity contribution in [3.63, 3.8) is 0 Å². The molecule has 0 fully saturated rings. The van der Waals surface area contributed by atoms with E-state index >= 15 is 0 Å². The van der Waals surface area contributed by atoms with Gasteiger partial charge < -0.3 is 11.1 Å². The molecule has 0 aliphatic rings. The Morgan fingerprint density at radius 1 is 0.974 bits per heavy atom. The van der Waals surface area contributed by atoms with Gasteiger partial charge in [0.15, 0.2) is 9.84 Å². The van der Waals surface area contributed by atoms with Crippen LogP contribution in [0.4, 0.5) is 0 Å². The molecule has 0 radical (unpaired) electrons. The first-order chi connectivity index (χ1) is 17.7. The van der Waals surface area contributed by atoms with E-state index in [1.165, 1.54) is 6.07 Å². The Morgan fingerprint density at radius 3 is 2.21 bits per heavy atom. The number of aromatic nitrogens is 2. The first-order valence-corrected chi connectivity index (χ1v) is 14.5. The van der Waals surface area contributed by atoms with Crippen LogP contribution in [-0.2, 0) is 9.84 Å². The first-order valence-electron chi connectivity index (χ1n) is 11.5. The molecule has 198 valence electrons. The van der Waals surface area contributed by atoms with Crippen molar-refractivity contribution in [2.24, 2.45) is 5.73 Å². The van der Waals surface area contributed by atoms with Crippen molar-refractivity contribution in [2.75, 3.05) is 12.8 Å². The summed E-state index contributed by atoms with van der Waals surface area (Å²) in [5, 5.41) is 3.83. The van der Waals surface area contributed by atoms with Gasteiger partial charge in [-0.2, -0.15) is 0 Å². The number of carbonyl (C=O) groups is 1. The Morgan fingerprint density at radius 2 is 1.61 bits per heavy atom. The third-order valence-electron chi connectivity index (χ3n) is 5.63. The maximum absolute atomic E-state index is 12.9. The molecular weight excluding hydrogens is 567 g/mol. The van der Waals surface area contributed by atoms with E-state index < -0.39 is 21.3 Å². The second-order valence-electron chi connectivity index (χ2n) is 9.55. The van der Waals surface area contributed by atoms with Crippen molar-refractivity contribution >= 4 is 50.5 Å². The summed E-state index contributed by atoms with van der Waals surface area (Å²) < 4.78 is 25.7. The molecule has 0 saturated heterocycles. The fourth-order valence-corrected chi connectivity index (χ4v) is 5.25. The number of nitrogens with two attached hydrogens (primary N) is 1. The third kappa shape index (κ3) is 6.22. The van der Waals surface area contributed by atoms with Gasteiger partial charge in [-0.1, -0.05) is 59.1 Å². The summed E-state index contributed by atoms with van der Waals surface area (Å²) in [6, 6.07) is 16.9. The molecule has 1 aromatic heterocycles. The minimum atomic E-state index is -3.37. The fourth-order valence-electron chi connectivity index (χ4n) is 3.75. The topological polar surface area (TPSA) is 107 Å². The summed E-state index contributed by atoms with van der Waals surface area (Å²) in [5.74, 6) is -0.0940. The first kappa shape index (κ1) is 28.1. The van der Waals surface area contributed by atoms with E-state index in [1.54, 1.807) is 79.2 Å². The summed E-state index contributed by atoms with van der Waals surface area (Å²) in [7, 11) is -3.37. The van der Waals surface area contributed by atoms with Crippen molar-refractivity contribution in [1.29, 1.82) is 0 Å². The van der Waals surface area contributed by atoms with Crippen LogP contribution in [0.25, 0.3) is 28.2 Å². The van der Waals surface area contributed by atoms with Crippen molar-refractivity contribution in [2.45, 2.75) is 24.3 Å². The number of amides is 1. The minimum absolute atomic E-state index is 0.126. The highest BCUT2D eigenvalue weighted by Gasteiger charge is 2.23. The Labute approximate surface area is 236 Å². The van der Waals surface area contributed by atoms with E-state index in [9.17, 15) is 13.2 Å². The summed E-state index contributed by atoms with van der Waals surface area (Å²) in [6.45, 7) is 3.84. The SMILES string of the molecule is CC(C)(N)CNC(=O)c1cn(-c2ccc(-c3cccc(S(C)(=O)=O)c3)cc2Cl)c(-c2c(Cl)cccc2Cl)n1. The van der Waals surface area contributed by atoms with E-state index in [1.807, 2.05) is 0 Å². The van der Waals surface area contributed by atoms with Crippen LogP contribution in [0.5, 0.6) is 0 Å². The number of imidazole rings is 1. The van der Waals surface area contributed by atoms with E-state index in [2.05, 4.69) is 10.3 Å². The number of rotatable bonds is 7. The number of hydrogen-bond donors (Lipinski definition) is 2. The lowest BCUT2D eigenvalue weighted by Crippen LogP contribution is -2.45. The van der Waals surface area contributed by atoms with Crippen molar-refractivity contribution in [3.8, 4) is 28.2 Å². The van der Waals surface area contributed by atoms with Gasteiger partial charge >= 0.3 is 0 Å². The van der Waals surface area contributed by atoms with Crippen LogP contribution in [0.15, 0.2) is 71.8 Å². The third-order valence-corrected chi connectivity index (χ3v) is 7.68. The Kier molecular flexibility index (Phi) is 7.93. The smallest absolute Gasteiger partial charge is 0.271 e. The molecule has 1 amide bonds. The van der Waals surface area contributed by atoms with Gasteiger partial charge in [0.2, 0.25) is 0 Å². The molecule has 4 rings (SSSR count). The highest BCUT2D eigenvalue weighted by Crippen LogP contribution is 2.37. The molecule has 4 aromatic rings. The average Bonchev–Trinajstić information content (AvgIpc) is 3.26. The van der Waals surface area contributed by atoms with Crippen LogP contribution in [0, 0.1) is 0 Å². The quantitative estimate of drug-likeness (QED) is 0.273. The monoisotopic (exact) mass is 590 g/mol. The summed E-state index contributed by atoms with van der Waals surface area (Å²) >= 11 is 19.7. The molecule has 3 N–H and O–H groups in total. The van der Waals surface area contributed by atoms with Gasteiger partial charge in [-0.3, -0.25) is 9.36 Å². The second kappa shape index (κ2) is 10.7. The zero-order valence-corrected chi connectivity index (χ0v) is 23.9. The lowest BCUT2D eigenvalue weighted by Gasteiger charge is -2.18. The summed E-state index contributed by atoms with van der Waals surface area (Å²) in [5.41, 5.74) is 7.88. The molecule has 7 nitrogen and oxygen atoms in total. The van der Waals surface area contributed by atoms with Crippen LogP contribution >= 0.6 is 34.8 Å². The number of carbonyl (C=O) groups excluding carboxylic acids is 1. The van der Waals surface area contributed by atoms with Gasteiger partial charge in [-0.25, -0.2) is 13.4 Å². The molecule has 0 unspecified atom stereocenters. The molecule has 0 bridgehead atoms.